The molecule has 1 unspecified atom stereocenters. The molecule has 3 nitrogen and oxygen atoms in total. The van der Waals surface area contributed by atoms with Crippen LogP contribution in [0.1, 0.15) is 17.5 Å². The fourth-order valence-corrected chi connectivity index (χ4v) is 3.81. The molecular weight excluding hydrogens is 372 g/mol. The van der Waals surface area contributed by atoms with Gasteiger partial charge in [0.25, 0.3) is 0 Å². The second-order valence-corrected chi connectivity index (χ2v) is 7.18. The Bertz CT molecular complexity index is 507. The molecule has 21 heavy (non-hydrogen) atoms. The number of likely N-dealkylation sites (N-methyl/N-ethyl adjacent to an activating group) is 1. The summed E-state index contributed by atoms with van der Waals surface area (Å²) in [5, 5.41) is 3.30. The molecule has 1 N–H and O–H groups in total. The predicted octanol–water partition coefficient (Wildman–Crippen LogP) is 3.40. The van der Waals surface area contributed by atoms with E-state index in [1.54, 1.807) is 11.8 Å². The van der Waals surface area contributed by atoms with Gasteiger partial charge in [-0.1, -0.05) is 15.9 Å². The summed E-state index contributed by atoms with van der Waals surface area (Å²) >= 11 is 5.17. The van der Waals surface area contributed by atoms with Crippen molar-refractivity contribution in [1.82, 2.24) is 10.2 Å². The molecule has 0 aromatic heterocycles. The zero-order valence-corrected chi connectivity index (χ0v) is 15.8. The highest BCUT2D eigenvalue weighted by Crippen LogP contribution is 2.28. The number of rotatable bonds is 4. The lowest BCUT2D eigenvalue weighted by Crippen LogP contribution is -2.39. The first kappa shape index (κ1) is 18.8. The standard InChI is InChI=1S/C15H21BrN2OS.ClH/c1-10-7-14(11(2)6-13(10)16)20-9-15(19)18(3)12-4-5-17-8-12;/h6-7,12,17H,4-5,8-9H2,1-3H3;1H. The van der Waals surface area contributed by atoms with Crippen molar-refractivity contribution in [2.75, 3.05) is 25.9 Å². The third kappa shape index (κ3) is 4.88. The van der Waals surface area contributed by atoms with Gasteiger partial charge in [-0.25, -0.2) is 0 Å². The Kier molecular flexibility index (Phi) is 7.54. The third-order valence-corrected chi connectivity index (χ3v) is 5.78. The van der Waals surface area contributed by atoms with Crippen LogP contribution in [0, 0.1) is 13.8 Å². The maximum atomic E-state index is 12.2. The number of halogens is 2. The quantitative estimate of drug-likeness (QED) is 0.796. The molecule has 118 valence electrons. The van der Waals surface area contributed by atoms with Gasteiger partial charge in [0, 0.05) is 29.0 Å². The van der Waals surface area contributed by atoms with E-state index in [0.29, 0.717) is 11.8 Å². The summed E-state index contributed by atoms with van der Waals surface area (Å²) in [4.78, 5) is 15.3. The lowest BCUT2D eigenvalue weighted by Gasteiger charge is -2.23. The molecule has 1 saturated heterocycles. The molecule has 0 saturated carbocycles. The number of nitrogens with zero attached hydrogens (tertiary/aromatic N) is 1. The minimum absolute atomic E-state index is 0. The van der Waals surface area contributed by atoms with Crippen LogP contribution in [0.4, 0.5) is 0 Å². The van der Waals surface area contributed by atoms with Crippen molar-refractivity contribution in [1.29, 1.82) is 0 Å². The molecule has 1 amide bonds. The summed E-state index contributed by atoms with van der Waals surface area (Å²) in [6.07, 6.45) is 1.06. The van der Waals surface area contributed by atoms with Crippen LogP contribution in [0.25, 0.3) is 0 Å². The Morgan fingerprint density at radius 3 is 2.76 bits per heavy atom. The second kappa shape index (κ2) is 8.42. The number of hydrogen-bond acceptors (Lipinski definition) is 3. The maximum Gasteiger partial charge on any atom is 0.232 e. The Morgan fingerprint density at radius 1 is 1.43 bits per heavy atom. The van der Waals surface area contributed by atoms with E-state index in [2.05, 4.69) is 47.2 Å². The summed E-state index contributed by atoms with van der Waals surface area (Å²) in [6, 6.07) is 4.62. The van der Waals surface area contributed by atoms with Gasteiger partial charge in [-0.3, -0.25) is 4.79 Å². The molecule has 1 aromatic rings. The van der Waals surface area contributed by atoms with Gasteiger partial charge in [-0.2, -0.15) is 0 Å². The number of amides is 1. The van der Waals surface area contributed by atoms with Crippen molar-refractivity contribution in [3.05, 3.63) is 27.7 Å². The summed E-state index contributed by atoms with van der Waals surface area (Å²) in [5.74, 6) is 0.721. The zero-order valence-electron chi connectivity index (χ0n) is 12.6. The number of nitrogens with one attached hydrogen (secondary N) is 1. The first-order valence-electron chi connectivity index (χ1n) is 6.85. The monoisotopic (exact) mass is 392 g/mol. The van der Waals surface area contributed by atoms with Crippen molar-refractivity contribution >= 4 is 46.0 Å². The van der Waals surface area contributed by atoms with Crippen LogP contribution in [0.15, 0.2) is 21.5 Å². The van der Waals surface area contributed by atoms with Crippen molar-refractivity contribution in [3.63, 3.8) is 0 Å². The number of carbonyl (C=O) groups is 1. The summed E-state index contributed by atoms with van der Waals surface area (Å²) in [6.45, 7) is 6.09. The van der Waals surface area contributed by atoms with Crippen LogP contribution in [-0.2, 0) is 4.79 Å². The first-order chi connectivity index (χ1) is 9.49. The highest BCUT2D eigenvalue weighted by Gasteiger charge is 2.23. The van der Waals surface area contributed by atoms with Crippen LogP contribution in [0.3, 0.4) is 0 Å². The number of hydrogen-bond donors (Lipinski definition) is 1. The molecule has 0 radical (unpaired) electrons. The summed E-state index contributed by atoms with van der Waals surface area (Å²) in [5.41, 5.74) is 2.42. The minimum atomic E-state index is 0. The molecule has 0 bridgehead atoms. The number of thioether (sulfide) groups is 1. The summed E-state index contributed by atoms with van der Waals surface area (Å²) in [7, 11) is 1.92. The topological polar surface area (TPSA) is 32.3 Å². The lowest BCUT2D eigenvalue weighted by atomic mass is 10.2. The molecular formula is C15H22BrClN2OS. The SMILES string of the molecule is Cc1cc(SCC(=O)N(C)C2CCNC2)c(C)cc1Br.Cl. The van der Waals surface area contributed by atoms with Crippen LogP contribution in [-0.4, -0.2) is 42.7 Å². The van der Waals surface area contributed by atoms with Crippen molar-refractivity contribution in [2.45, 2.75) is 31.2 Å². The van der Waals surface area contributed by atoms with Gasteiger partial charge < -0.3 is 10.2 Å². The van der Waals surface area contributed by atoms with E-state index in [-0.39, 0.29) is 18.3 Å². The van der Waals surface area contributed by atoms with E-state index in [1.165, 1.54) is 16.0 Å². The molecule has 6 heteroatoms. The van der Waals surface area contributed by atoms with E-state index in [9.17, 15) is 4.79 Å². The van der Waals surface area contributed by atoms with E-state index < -0.39 is 0 Å². The van der Waals surface area contributed by atoms with E-state index in [4.69, 9.17) is 0 Å². The average Bonchev–Trinajstić information content (AvgIpc) is 2.94. The zero-order chi connectivity index (χ0) is 14.7. The van der Waals surface area contributed by atoms with Crippen LogP contribution in [0.5, 0.6) is 0 Å². The fraction of sp³-hybridized carbons (Fsp3) is 0.533. The molecule has 1 fully saturated rings. The van der Waals surface area contributed by atoms with E-state index in [1.807, 2.05) is 11.9 Å². The molecule has 0 spiro atoms. The molecule has 1 heterocycles. The van der Waals surface area contributed by atoms with Crippen molar-refractivity contribution < 1.29 is 4.79 Å². The van der Waals surface area contributed by atoms with Crippen LogP contribution >= 0.6 is 40.1 Å². The van der Waals surface area contributed by atoms with Crippen LogP contribution in [0.2, 0.25) is 0 Å². The first-order valence-corrected chi connectivity index (χ1v) is 8.63. The maximum absolute atomic E-state index is 12.2. The van der Waals surface area contributed by atoms with Crippen molar-refractivity contribution in [2.24, 2.45) is 0 Å². The van der Waals surface area contributed by atoms with Crippen molar-refractivity contribution in [3.8, 4) is 0 Å². The highest BCUT2D eigenvalue weighted by atomic mass is 79.9. The number of carbonyl (C=O) groups excluding carboxylic acids is 1. The van der Waals surface area contributed by atoms with E-state index >= 15 is 0 Å². The highest BCUT2D eigenvalue weighted by molar-refractivity contribution is 9.10. The summed E-state index contributed by atoms with van der Waals surface area (Å²) < 4.78 is 1.12. The number of benzene rings is 1. The molecule has 1 aliphatic rings. The Labute approximate surface area is 145 Å². The molecule has 0 aliphatic carbocycles. The largest absolute Gasteiger partial charge is 0.341 e. The minimum Gasteiger partial charge on any atom is -0.341 e. The smallest absolute Gasteiger partial charge is 0.232 e. The third-order valence-electron chi connectivity index (χ3n) is 3.78. The van der Waals surface area contributed by atoms with Gasteiger partial charge >= 0.3 is 0 Å². The number of aryl methyl sites for hydroxylation is 2. The van der Waals surface area contributed by atoms with Gasteiger partial charge in [0.15, 0.2) is 0 Å². The fourth-order valence-electron chi connectivity index (χ4n) is 2.32. The Hall–Kier alpha value is -0.230. The van der Waals surface area contributed by atoms with Gasteiger partial charge in [0.2, 0.25) is 5.91 Å². The van der Waals surface area contributed by atoms with Gasteiger partial charge in [-0.05, 0) is 50.1 Å². The normalized spacial score (nSPS) is 17.4. The second-order valence-electron chi connectivity index (χ2n) is 5.31. The lowest BCUT2D eigenvalue weighted by molar-refractivity contribution is -0.128. The van der Waals surface area contributed by atoms with E-state index in [0.717, 1.165) is 24.0 Å². The molecule has 2 rings (SSSR count). The molecule has 1 aromatic carbocycles. The molecule has 1 atom stereocenters. The van der Waals surface area contributed by atoms with Gasteiger partial charge in [0.05, 0.1) is 5.75 Å². The van der Waals surface area contributed by atoms with Gasteiger partial charge in [-0.15, -0.1) is 24.2 Å². The molecule has 1 aliphatic heterocycles. The van der Waals surface area contributed by atoms with Crippen LogP contribution < -0.4 is 5.32 Å². The Balaban J connectivity index is 0.00000220. The van der Waals surface area contributed by atoms with Gasteiger partial charge in [0.1, 0.15) is 0 Å². The Morgan fingerprint density at radius 2 is 2.14 bits per heavy atom. The predicted molar refractivity (Wildman–Crippen MR) is 95.6 cm³/mol. The average molecular weight is 394 g/mol.